The van der Waals surface area contributed by atoms with Crippen LogP contribution in [0.15, 0.2) is 48.5 Å². The lowest BCUT2D eigenvalue weighted by Crippen LogP contribution is -2.47. The van der Waals surface area contributed by atoms with Gasteiger partial charge in [-0.25, -0.2) is 0 Å². The van der Waals surface area contributed by atoms with E-state index in [1.807, 2.05) is 59.5 Å². The Morgan fingerprint density at radius 2 is 1.96 bits per heavy atom. The number of nitriles is 1. The topological polar surface area (TPSA) is 65.4 Å². The van der Waals surface area contributed by atoms with E-state index >= 15 is 0 Å². The molecule has 0 saturated carbocycles. The van der Waals surface area contributed by atoms with Gasteiger partial charge in [0.2, 0.25) is 0 Å². The van der Waals surface area contributed by atoms with Crippen LogP contribution in [-0.2, 0) is 0 Å². The fourth-order valence-electron chi connectivity index (χ4n) is 3.03. The molecule has 0 bridgehead atoms. The first kappa shape index (κ1) is 16.8. The highest BCUT2D eigenvalue weighted by Gasteiger charge is 2.35. The minimum Gasteiger partial charge on any atom is -0.479 e. The van der Waals surface area contributed by atoms with E-state index in [4.69, 9.17) is 10.00 Å². The van der Waals surface area contributed by atoms with Crippen LogP contribution in [0.4, 0.5) is 5.69 Å². The fraction of sp³-hybridized carbons (Fsp3) is 0.300. The minimum absolute atomic E-state index is 0.0197. The molecule has 1 aliphatic heterocycles. The van der Waals surface area contributed by atoms with Crippen molar-refractivity contribution in [1.82, 2.24) is 4.90 Å². The summed E-state index contributed by atoms with van der Waals surface area (Å²) in [6.07, 6.45) is 0.637. The minimum atomic E-state index is -0.234. The van der Waals surface area contributed by atoms with E-state index in [2.05, 4.69) is 19.2 Å². The van der Waals surface area contributed by atoms with Gasteiger partial charge in [0.1, 0.15) is 18.0 Å². The van der Waals surface area contributed by atoms with Crippen molar-refractivity contribution in [3.05, 3.63) is 59.7 Å². The van der Waals surface area contributed by atoms with Crippen molar-refractivity contribution in [2.24, 2.45) is 0 Å². The number of carbonyl (C=O) groups is 1. The maximum atomic E-state index is 13.0. The molecule has 2 atom stereocenters. The van der Waals surface area contributed by atoms with Gasteiger partial charge in [0.25, 0.3) is 5.91 Å². The van der Waals surface area contributed by atoms with E-state index in [1.165, 1.54) is 0 Å². The molecule has 5 heteroatoms. The molecule has 0 spiro atoms. The number of amides is 1. The molecule has 0 aromatic heterocycles. The average Bonchev–Trinajstić information content (AvgIpc) is 2.66. The zero-order chi connectivity index (χ0) is 17.8. The third-order valence-electron chi connectivity index (χ3n) is 4.53. The van der Waals surface area contributed by atoms with Crippen molar-refractivity contribution >= 4 is 11.6 Å². The van der Waals surface area contributed by atoms with Crippen molar-refractivity contribution in [2.75, 3.05) is 11.9 Å². The van der Waals surface area contributed by atoms with Crippen molar-refractivity contribution in [3.63, 3.8) is 0 Å². The van der Waals surface area contributed by atoms with Crippen LogP contribution in [0.2, 0.25) is 0 Å². The number of ether oxygens (including phenoxy) is 1. The largest absolute Gasteiger partial charge is 0.479 e. The molecule has 3 rings (SSSR count). The summed E-state index contributed by atoms with van der Waals surface area (Å²) >= 11 is 0. The van der Waals surface area contributed by atoms with E-state index < -0.39 is 0 Å². The number of hydrogen-bond donors (Lipinski definition) is 1. The number of anilines is 1. The molecule has 5 nitrogen and oxygen atoms in total. The standard InChI is InChI=1S/C20H21N3O2/c1-3-14(2)23-19(15-8-10-16(11-9-15)25-13-12-21)22-18-7-5-4-6-17(18)20(23)24/h4-11,14,19,22H,3,13H2,1-2H3/t14-,19-/m0/s1. The second kappa shape index (κ2) is 7.27. The first-order valence-electron chi connectivity index (χ1n) is 8.43. The number of para-hydroxylation sites is 1. The van der Waals surface area contributed by atoms with Crippen LogP contribution in [0.3, 0.4) is 0 Å². The maximum absolute atomic E-state index is 13.0. The Morgan fingerprint density at radius 3 is 2.64 bits per heavy atom. The molecule has 1 heterocycles. The summed E-state index contributed by atoms with van der Waals surface area (Å²) in [6.45, 7) is 4.16. The molecular weight excluding hydrogens is 314 g/mol. The zero-order valence-electron chi connectivity index (χ0n) is 14.4. The molecule has 1 aliphatic rings. The van der Waals surface area contributed by atoms with E-state index in [9.17, 15) is 4.79 Å². The molecule has 2 aromatic carbocycles. The second-order valence-corrected chi connectivity index (χ2v) is 6.08. The third-order valence-corrected chi connectivity index (χ3v) is 4.53. The monoisotopic (exact) mass is 335 g/mol. The second-order valence-electron chi connectivity index (χ2n) is 6.08. The number of benzene rings is 2. The van der Waals surface area contributed by atoms with Gasteiger partial charge in [0.15, 0.2) is 6.61 Å². The highest BCUT2D eigenvalue weighted by atomic mass is 16.5. The smallest absolute Gasteiger partial charge is 0.258 e. The Labute approximate surface area is 147 Å². The normalized spacial score (nSPS) is 17.2. The Morgan fingerprint density at radius 1 is 1.24 bits per heavy atom. The van der Waals surface area contributed by atoms with E-state index in [-0.39, 0.29) is 24.7 Å². The zero-order valence-corrected chi connectivity index (χ0v) is 14.4. The maximum Gasteiger partial charge on any atom is 0.258 e. The van der Waals surface area contributed by atoms with Gasteiger partial charge in [-0.1, -0.05) is 31.2 Å². The van der Waals surface area contributed by atoms with Crippen LogP contribution >= 0.6 is 0 Å². The predicted molar refractivity (Wildman–Crippen MR) is 96.3 cm³/mol. The van der Waals surface area contributed by atoms with E-state index in [0.717, 1.165) is 17.7 Å². The Balaban J connectivity index is 1.95. The number of carbonyl (C=O) groups excluding carboxylic acids is 1. The molecule has 1 N–H and O–H groups in total. The van der Waals surface area contributed by atoms with Crippen molar-refractivity contribution < 1.29 is 9.53 Å². The Hall–Kier alpha value is -3.00. The van der Waals surface area contributed by atoms with Crippen molar-refractivity contribution in [1.29, 1.82) is 5.26 Å². The van der Waals surface area contributed by atoms with Gasteiger partial charge in [0, 0.05) is 11.7 Å². The van der Waals surface area contributed by atoms with Crippen LogP contribution in [0.1, 0.15) is 42.4 Å². The van der Waals surface area contributed by atoms with Crippen LogP contribution in [-0.4, -0.2) is 23.5 Å². The number of fused-ring (bicyclic) bond motifs is 1. The van der Waals surface area contributed by atoms with Gasteiger partial charge in [0.05, 0.1) is 5.56 Å². The third kappa shape index (κ3) is 3.29. The number of hydrogen-bond acceptors (Lipinski definition) is 4. The summed E-state index contributed by atoms with van der Waals surface area (Å²) in [5.74, 6) is 0.682. The van der Waals surface area contributed by atoms with Crippen LogP contribution in [0, 0.1) is 11.3 Å². The van der Waals surface area contributed by atoms with Crippen LogP contribution in [0.5, 0.6) is 5.75 Å². The Bertz CT molecular complexity index is 795. The van der Waals surface area contributed by atoms with Crippen molar-refractivity contribution in [3.8, 4) is 11.8 Å². The highest BCUT2D eigenvalue weighted by Crippen LogP contribution is 2.35. The Kier molecular flexibility index (Phi) is 4.90. The van der Waals surface area contributed by atoms with Gasteiger partial charge >= 0.3 is 0 Å². The lowest BCUT2D eigenvalue weighted by atomic mass is 10.0. The molecule has 128 valence electrons. The fourth-order valence-corrected chi connectivity index (χ4v) is 3.03. The summed E-state index contributed by atoms with van der Waals surface area (Å²) in [7, 11) is 0. The number of nitrogens with zero attached hydrogens (tertiary/aromatic N) is 2. The summed E-state index contributed by atoms with van der Waals surface area (Å²) in [5.41, 5.74) is 2.53. The first-order valence-corrected chi connectivity index (χ1v) is 8.43. The summed E-state index contributed by atoms with van der Waals surface area (Å²) in [4.78, 5) is 14.9. The molecule has 0 fully saturated rings. The predicted octanol–water partition coefficient (Wildman–Crippen LogP) is 3.95. The number of nitrogens with one attached hydrogen (secondary N) is 1. The van der Waals surface area contributed by atoms with Gasteiger partial charge in [-0.3, -0.25) is 4.79 Å². The van der Waals surface area contributed by atoms with E-state index in [1.54, 1.807) is 0 Å². The molecule has 0 radical (unpaired) electrons. The SMILES string of the molecule is CC[C@H](C)N1C(=O)c2ccccc2N[C@@H]1c1ccc(OCC#N)cc1. The quantitative estimate of drug-likeness (QED) is 0.898. The van der Waals surface area contributed by atoms with Crippen LogP contribution < -0.4 is 10.1 Å². The molecule has 25 heavy (non-hydrogen) atoms. The van der Waals surface area contributed by atoms with Crippen molar-refractivity contribution in [2.45, 2.75) is 32.5 Å². The summed E-state index contributed by atoms with van der Waals surface area (Å²) < 4.78 is 5.31. The van der Waals surface area contributed by atoms with Gasteiger partial charge < -0.3 is 15.0 Å². The molecule has 0 aliphatic carbocycles. The van der Waals surface area contributed by atoms with E-state index in [0.29, 0.717) is 11.3 Å². The molecule has 0 saturated heterocycles. The summed E-state index contributed by atoms with van der Waals surface area (Å²) in [6, 6.07) is 17.2. The van der Waals surface area contributed by atoms with Gasteiger partial charge in [-0.05, 0) is 43.2 Å². The lowest BCUT2D eigenvalue weighted by molar-refractivity contribution is 0.0593. The molecule has 2 aromatic rings. The molecular formula is C20H21N3O2. The van der Waals surface area contributed by atoms with Gasteiger partial charge in [-0.15, -0.1) is 0 Å². The number of rotatable bonds is 5. The average molecular weight is 335 g/mol. The van der Waals surface area contributed by atoms with Crippen LogP contribution in [0.25, 0.3) is 0 Å². The first-order chi connectivity index (χ1) is 12.2. The molecule has 0 unspecified atom stereocenters. The summed E-state index contributed by atoms with van der Waals surface area (Å²) in [5, 5.41) is 12.1. The lowest BCUT2D eigenvalue weighted by Gasteiger charge is -2.41. The molecule has 1 amide bonds. The van der Waals surface area contributed by atoms with Gasteiger partial charge in [-0.2, -0.15) is 5.26 Å². The highest BCUT2D eigenvalue weighted by molar-refractivity contribution is 6.01.